The summed E-state index contributed by atoms with van der Waals surface area (Å²) >= 11 is 1.75. The summed E-state index contributed by atoms with van der Waals surface area (Å²) in [5.74, 6) is 0.827. The van der Waals surface area contributed by atoms with E-state index in [4.69, 9.17) is 4.52 Å². The van der Waals surface area contributed by atoms with Gasteiger partial charge in [0.1, 0.15) is 0 Å². The van der Waals surface area contributed by atoms with Crippen molar-refractivity contribution in [2.45, 2.75) is 37.4 Å². The minimum absolute atomic E-state index is 0.0300. The third-order valence-electron chi connectivity index (χ3n) is 3.13. The highest BCUT2D eigenvalue weighted by atomic mass is 32.2. The molecule has 1 aliphatic rings. The Kier molecular flexibility index (Phi) is 5.07. The van der Waals surface area contributed by atoms with Crippen molar-refractivity contribution in [2.24, 2.45) is 0 Å². The lowest BCUT2D eigenvalue weighted by Gasteiger charge is -2.20. The molecule has 106 valence electrons. The highest BCUT2D eigenvalue weighted by Gasteiger charge is 2.18. The Bertz CT molecular complexity index is 416. The van der Waals surface area contributed by atoms with Crippen LogP contribution >= 0.6 is 11.8 Å². The molecule has 0 aliphatic heterocycles. The zero-order valence-electron chi connectivity index (χ0n) is 11.5. The van der Waals surface area contributed by atoms with Gasteiger partial charge in [-0.05, 0) is 12.8 Å². The first-order chi connectivity index (χ1) is 9.15. The average molecular weight is 285 g/mol. The molecule has 2 rings (SSSR count). The van der Waals surface area contributed by atoms with Crippen molar-refractivity contribution in [2.75, 3.05) is 30.2 Å². The Morgan fingerprint density at radius 1 is 1.53 bits per heavy atom. The predicted octanol–water partition coefficient (Wildman–Crippen LogP) is 1.16. The molecular formula is C12H21N4O2S+. The lowest BCUT2D eigenvalue weighted by atomic mass is 10.0. The van der Waals surface area contributed by atoms with Crippen LogP contribution in [0.4, 0.5) is 5.88 Å². The standard InChI is InChI=1S/C12H20N4O2S/c1-15(2)16-8-12(18-14-16)13-11(17)9-19-10-6-4-3-5-7-10/h8,10H,3-7,9H2,1-2H3/p+1. The minimum atomic E-state index is -0.0300. The summed E-state index contributed by atoms with van der Waals surface area (Å²) in [5.41, 5.74) is 0. The first-order valence-electron chi connectivity index (χ1n) is 6.63. The maximum atomic E-state index is 11.8. The largest absolute Gasteiger partial charge is 0.305 e. The van der Waals surface area contributed by atoms with E-state index >= 15 is 0 Å². The molecule has 6 nitrogen and oxygen atoms in total. The summed E-state index contributed by atoms with van der Waals surface area (Å²) < 4.78 is 5.02. The summed E-state index contributed by atoms with van der Waals surface area (Å²) in [4.78, 5) is 13.3. The number of anilines is 1. The van der Waals surface area contributed by atoms with Crippen molar-refractivity contribution >= 4 is 23.6 Å². The molecule has 0 bridgehead atoms. The number of thioether (sulfide) groups is 1. The Hall–Kier alpha value is -1.24. The highest BCUT2D eigenvalue weighted by Crippen LogP contribution is 2.28. The number of nitrogens with zero attached hydrogens (tertiary/aromatic N) is 3. The molecule has 0 saturated heterocycles. The van der Waals surface area contributed by atoms with Gasteiger partial charge in [0.2, 0.25) is 11.2 Å². The molecule has 1 fully saturated rings. The average Bonchev–Trinajstić information content (AvgIpc) is 2.86. The van der Waals surface area contributed by atoms with Crippen LogP contribution in [0, 0.1) is 0 Å². The van der Waals surface area contributed by atoms with Gasteiger partial charge in [-0.3, -0.25) is 14.6 Å². The van der Waals surface area contributed by atoms with E-state index in [0.717, 1.165) is 0 Å². The van der Waals surface area contributed by atoms with Gasteiger partial charge < -0.3 is 0 Å². The van der Waals surface area contributed by atoms with Crippen LogP contribution in [0.15, 0.2) is 10.7 Å². The molecule has 1 amide bonds. The van der Waals surface area contributed by atoms with E-state index in [2.05, 4.69) is 10.6 Å². The zero-order chi connectivity index (χ0) is 13.7. The monoisotopic (exact) mass is 285 g/mol. The molecule has 1 heterocycles. The van der Waals surface area contributed by atoms with Crippen LogP contribution in [0.25, 0.3) is 0 Å². The molecule has 19 heavy (non-hydrogen) atoms. The lowest BCUT2D eigenvalue weighted by Crippen LogP contribution is -2.53. The second kappa shape index (κ2) is 6.79. The topological polar surface area (TPSA) is 62.2 Å². The van der Waals surface area contributed by atoms with E-state index < -0.39 is 0 Å². The van der Waals surface area contributed by atoms with Crippen molar-refractivity contribution in [3.63, 3.8) is 0 Å². The third-order valence-corrected chi connectivity index (χ3v) is 4.50. The van der Waals surface area contributed by atoms with Gasteiger partial charge >= 0.3 is 5.88 Å². The Balaban J connectivity index is 1.73. The van der Waals surface area contributed by atoms with Gasteiger partial charge in [-0.2, -0.15) is 5.01 Å². The van der Waals surface area contributed by atoms with Gasteiger partial charge in [0.25, 0.3) is 6.20 Å². The molecule has 0 spiro atoms. The molecule has 1 aromatic rings. The van der Waals surface area contributed by atoms with Crippen molar-refractivity contribution in [1.82, 2.24) is 5.27 Å². The molecule has 1 aromatic heterocycles. The van der Waals surface area contributed by atoms with E-state index in [9.17, 15) is 4.79 Å². The second-order valence-electron chi connectivity index (χ2n) is 4.95. The zero-order valence-corrected chi connectivity index (χ0v) is 12.3. The number of carbonyl (C=O) groups excluding carboxylic acids is 1. The molecule has 0 unspecified atom stereocenters. The fourth-order valence-electron chi connectivity index (χ4n) is 2.08. The smallest absolute Gasteiger partial charge is 0.288 e. The van der Waals surface area contributed by atoms with Crippen LogP contribution < -0.4 is 15.1 Å². The SMILES string of the molecule is CN(C)[n+]1cc(NC(=O)CSC2CCCCC2)on1. The van der Waals surface area contributed by atoms with E-state index in [0.29, 0.717) is 16.9 Å². The van der Waals surface area contributed by atoms with E-state index in [1.165, 1.54) is 36.9 Å². The van der Waals surface area contributed by atoms with Gasteiger partial charge in [0.15, 0.2) is 0 Å². The van der Waals surface area contributed by atoms with Crippen LogP contribution in [0.5, 0.6) is 0 Å². The summed E-state index contributed by atoms with van der Waals surface area (Å²) in [6.07, 6.45) is 8.05. The summed E-state index contributed by atoms with van der Waals surface area (Å²) in [6, 6.07) is 0. The van der Waals surface area contributed by atoms with Gasteiger partial charge in [0.05, 0.1) is 24.6 Å². The van der Waals surface area contributed by atoms with Crippen LogP contribution in [0.2, 0.25) is 0 Å². The number of aromatic nitrogens is 2. The van der Waals surface area contributed by atoms with Crippen molar-refractivity contribution in [1.29, 1.82) is 0 Å². The number of hydrogen-bond acceptors (Lipinski definition) is 5. The van der Waals surface area contributed by atoms with Gasteiger partial charge in [-0.25, -0.2) is 0 Å². The van der Waals surface area contributed by atoms with Gasteiger partial charge in [-0.15, -0.1) is 11.8 Å². The maximum absolute atomic E-state index is 11.8. The Morgan fingerprint density at radius 2 is 2.26 bits per heavy atom. The summed E-state index contributed by atoms with van der Waals surface area (Å²) in [5, 5.41) is 8.87. The molecule has 0 atom stereocenters. The molecule has 0 radical (unpaired) electrons. The Labute approximate surface area is 117 Å². The van der Waals surface area contributed by atoms with Crippen LogP contribution in [0.1, 0.15) is 32.1 Å². The second-order valence-corrected chi connectivity index (χ2v) is 6.24. The van der Waals surface area contributed by atoms with Gasteiger partial charge in [-0.1, -0.05) is 19.3 Å². The summed E-state index contributed by atoms with van der Waals surface area (Å²) in [7, 11) is 3.68. The van der Waals surface area contributed by atoms with Crippen LogP contribution in [0.3, 0.4) is 0 Å². The third kappa shape index (κ3) is 4.41. The van der Waals surface area contributed by atoms with Crippen molar-refractivity contribution in [3.05, 3.63) is 6.20 Å². The van der Waals surface area contributed by atoms with E-state index in [1.807, 2.05) is 14.1 Å². The molecule has 1 N–H and O–H groups in total. The number of rotatable bonds is 5. The Morgan fingerprint density at radius 3 is 2.89 bits per heavy atom. The molecule has 7 heteroatoms. The number of amides is 1. The highest BCUT2D eigenvalue weighted by molar-refractivity contribution is 8.00. The maximum Gasteiger partial charge on any atom is 0.305 e. The molecule has 1 aliphatic carbocycles. The van der Waals surface area contributed by atoms with Crippen molar-refractivity contribution < 1.29 is 14.1 Å². The fourth-order valence-corrected chi connectivity index (χ4v) is 3.21. The van der Waals surface area contributed by atoms with E-state index in [1.54, 1.807) is 23.0 Å². The molecule has 1 saturated carbocycles. The van der Waals surface area contributed by atoms with Crippen LogP contribution in [-0.2, 0) is 4.79 Å². The molecule has 0 aromatic carbocycles. The van der Waals surface area contributed by atoms with Gasteiger partial charge in [0, 0.05) is 5.25 Å². The lowest BCUT2D eigenvalue weighted by molar-refractivity contribution is -0.753. The molecular weight excluding hydrogens is 264 g/mol. The number of hydrogen-bond donors (Lipinski definition) is 1. The normalized spacial score (nSPS) is 16.3. The summed E-state index contributed by atoms with van der Waals surface area (Å²) in [6.45, 7) is 0. The number of nitrogens with one attached hydrogen (secondary N) is 1. The first kappa shape index (κ1) is 14.2. The fraction of sp³-hybridized carbons (Fsp3) is 0.750. The number of carbonyl (C=O) groups is 1. The van der Waals surface area contributed by atoms with Crippen LogP contribution in [-0.4, -0.2) is 36.3 Å². The predicted molar refractivity (Wildman–Crippen MR) is 74.7 cm³/mol. The first-order valence-corrected chi connectivity index (χ1v) is 7.68. The quantitative estimate of drug-likeness (QED) is 0.823. The van der Waals surface area contributed by atoms with E-state index in [-0.39, 0.29) is 5.91 Å². The minimum Gasteiger partial charge on any atom is -0.288 e. The van der Waals surface area contributed by atoms with Crippen molar-refractivity contribution in [3.8, 4) is 0 Å².